The van der Waals surface area contributed by atoms with E-state index in [1.54, 1.807) is 18.2 Å². The lowest BCUT2D eigenvalue weighted by Crippen LogP contribution is -2.23. The zero-order valence-corrected chi connectivity index (χ0v) is 19.5. The number of rotatable bonds is 12. The quantitative estimate of drug-likeness (QED) is 0.219. The largest absolute Gasteiger partial charge is 0.489 e. The van der Waals surface area contributed by atoms with Crippen molar-refractivity contribution in [1.82, 2.24) is 0 Å². The molecule has 0 radical (unpaired) electrons. The molecule has 0 amide bonds. The topological polar surface area (TPSA) is 75.0 Å². The third kappa shape index (κ3) is 7.93. The molecule has 1 aromatic heterocycles. The van der Waals surface area contributed by atoms with E-state index in [0.29, 0.717) is 17.7 Å². The summed E-state index contributed by atoms with van der Waals surface area (Å²) in [5.41, 5.74) is -0.956. The van der Waals surface area contributed by atoms with E-state index in [0.717, 1.165) is 19.3 Å². The van der Waals surface area contributed by atoms with Gasteiger partial charge >= 0.3 is 11.6 Å². The van der Waals surface area contributed by atoms with E-state index in [9.17, 15) is 9.59 Å². The van der Waals surface area contributed by atoms with Gasteiger partial charge in [0.05, 0.1) is 12.0 Å². The highest BCUT2D eigenvalue weighted by molar-refractivity contribution is 5.90. The minimum Gasteiger partial charge on any atom is -0.489 e. The van der Waals surface area contributed by atoms with Crippen LogP contribution in [0.3, 0.4) is 0 Å². The highest BCUT2D eigenvalue weighted by Crippen LogP contribution is 2.38. The highest BCUT2D eigenvalue weighted by atomic mass is 16.6. The van der Waals surface area contributed by atoms with Crippen LogP contribution in [0.1, 0.15) is 86.0 Å². The van der Waals surface area contributed by atoms with Gasteiger partial charge in [-0.3, -0.25) is 4.79 Å². The number of fused-ring (bicyclic) bond motifs is 1. The number of benzene rings is 1. The Morgan fingerprint density at radius 2 is 1.61 bits per heavy atom. The van der Waals surface area contributed by atoms with E-state index in [4.69, 9.17) is 18.6 Å². The fraction of sp³-hybridized carbons (Fsp3) is 0.600. The third-order valence-corrected chi connectivity index (χ3v) is 4.72. The number of hydrogen-bond donors (Lipinski definition) is 0. The smallest absolute Gasteiger partial charge is 0.383 e. The summed E-state index contributed by atoms with van der Waals surface area (Å²) < 4.78 is 22.5. The highest BCUT2D eigenvalue weighted by Gasteiger charge is 2.23. The van der Waals surface area contributed by atoms with Crippen molar-refractivity contribution in [2.75, 3.05) is 6.61 Å². The van der Waals surface area contributed by atoms with Gasteiger partial charge in [-0.25, -0.2) is 4.79 Å². The van der Waals surface area contributed by atoms with E-state index >= 15 is 0 Å². The molecule has 1 heterocycles. The van der Waals surface area contributed by atoms with Crippen LogP contribution < -0.4 is 19.8 Å². The van der Waals surface area contributed by atoms with Gasteiger partial charge in [-0.05, 0) is 39.3 Å². The summed E-state index contributed by atoms with van der Waals surface area (Å²) in [6.45, 7) is 9.62. The molecule has 172 valence electrons. The Balaban J connectivity index is 2.18. The first-order valence-corrected chi connectivity index (χ1v) is 11.3. The average molecular weight is 433 g/mol. The summed E-state index contributed by atoms with van der Waals surface area (Å²) in [5, 5.41) is 0.539. The van der Waals surface area contributed by atoms with Crippen molar-refractivity contribution in [3.05, 3.63) is 28.6 Å². The second-order valence-corrected chi connectivity index (χ2v) is 8.81. The van der Waals surface area contributed by atoms with E-state index in [-0.39, 0.29) is 17.1 Å². The van der Waals surface area contributed by atoms with Crippen molar-refractivity contribution < 1.29 is 23.4 Å². The molecule has 0 fully saturated rings. The number of carbonyl (C=O) groups is 1. The second-order valence-electron chi connectivity index (χ2n) is 8.81. The maximum Gasteiger partial charge on any atom is 0.383 e. The van der Waals surface area contributed by atoms with Crippen LogP contribution >= 0.6 is 0 Å². The van der Waals surface area contributed by atoms with Gasteiger partial charge in [-0.2, -0.15) is 0 Å². The zero-order valence-electron chi connectivity index (χ0n) is 19.5. The Labute approximate surface area is 184 Å². The molecule has 0 saturated carbocycles. The van der Waals surface area contributed by atoms with Crippen molar-refractivity contribution in [2.45, 2.75) is 91.6 Å². The molecule has 31 heavy (non-hydrogen) atoms. The minimum atomic E-state index is -0.765. The van der Waals surface area contributed by atoms with E-state index < -0.39 is 17.2 Å². The van der Waals surface area contributed by atoms with E-state index in [1.807, 2.05) is 20.8 Å². The number of unbranched alkanes of at least 4 members (excludes halogenated alkanes) is 7. The third-order valence-electron chi connectivity index (χ3n) is 4.72. The molecule has 6 nitrogen and oxygen atoms in total. The number of esters is 1. The molecule has 0 unspecified atom stereocenters. The first-order valence-electron chi connectivity index (χ1n) is 11.3. The number of carbonyl (C=O) groups excluding carboxylic acids is 1. The van der Waals surface area contributed by atoms with Gasteiger partial charge in [0.25, 0.3) is 5.75 Å². The van der Waals surface area contributed by atoms with Gasteiger partial charge in [0.1, 0.15) is 5.60 Å². The van der Waals surface area contributed by atoms with Crippen LogP contribution in [0.4, 0.5) is 0 Å². The molecule has 0 aliphatic rings. The summed E-state index contributed by atoms with van der Waals surface area (Å²) in [6, 6.07) is 5.30. The summed E-state index contributed by atoms with van der Waals surface area (Å²) >= 11 is 0. The van der Waals surface area contributed by atoms with Crippen LogP contribution in [-0.4, -0.2) is 18.2 Å². The van der Waals surface area contributed by atoms with Crippen molar-refractivity contribution in [2.24, 2.45) is 0 Å². The predicted octanol–water partition coefficient (Wildman–Crippen LogP) is 6.42. The van der Waals surface area contributed by atoms with Crippen LogP contribution in [0, 0.1) is 0 Å². The molecule has 2 rings (SSSR count). The van der Waals surface area contributed by atoms with Crippen LogP contribution in [0.25, 0.3) is 11.0 Å². The summed E-state index contributed by atoms with van der Waals surface area (Å²) in [7, 11) is 0. The van der Waals surface area contributed by atoms with E-state index in [1.165, 1.54) is 39.0 Å². The molecular weight excluding hydrogens is 396 g/mol. The van der Waals surface area contributed by atoms with Crippen LogP contribution in [0.15, 0.2) is 27.4 Å². The molecule has 1 aromatic carbocycles. The molecule has 0 saturated heterocycles. The summed E-state index contributed by atoms with van der Waals surface area (Å²) in [6.07, 6.45) is 9.40. The van der Waals surface area contributed by atoms with Crippen molar-refractivity contribution in [1.29, 1.82) is 0 Å². The molecule has 0 atom stereocenters. The van der Waals surface area contributed by atoms with E-state index in [2.05, 4.69) is 6.92 Å². The number of ether oxygens (including phenoxy) is 3. The zero-order chi connectivity index (χ0) is 22.9. The lowest BCUT2D eigenvalue weighted by atomic mass is 10.1. The van der Waals surface area contributed by atoms with Gasteiger partial charge < -0.3 is 18.6 Å². The van der Waals surface area contributed by atoms with Gasteiger partial charge in [0.2, 0.25) is 0 Å². The van der Waals surface area contributed by atoms with Gasteiger partial charge in [-0.15, -0.1) is 0 Å². The molecular formula is C25H36O6. The maximum absolute atomic E-state index is 12.6. The average Bonchev–Trinajstić information content (AvgIpc) is 2.68. The lowest BCUT2D eigenvalue weighted by molar-refractivity contribution is -0.132. The number of hydrogen-bond acceptors (Lipinski definition) is 6. The first kappa shape index (κ1) is 24.8. The Morgan fingerprint density at radius 3 is 2.23 bits per heavy atom. The SMILES string of the molecule is CCCCCCCCCCOc1c(OC(C)=O)c(=O)oc2c(OC(C)(C)C)cccc12. The fourth-order valence-corrected chi connectivity index (χ4v) is 3.35. The Hall–Kier alpha value is -2.50. The van der Waals surface area contributed by atoms with Crippen LogP contribution in [0.5, 0.6) is 17.2 Å². The predicted molar refractivity (Wildman–Crippen MR) is 122 cm³/mol. The molecule has 0 aliphatic carbocycles. The van der Waals surface area contributed by atoms with Gasteiger partial charge in [0.15, 0.2) is 17.1 Å². The standard InChI is InChI=1S/C25H36O6/c1-6-7-8-9-10-11-12-13-17-28-22-19-15-14-16-20(31-25(3,4)5)21(19)30-24(27)23(22)29-18(2)26/h14-16H,6-13,17H2,1-5H3. The number of para-hydroxylation sites is 1. The molecule has 0 N–H and O–H groups in total. The Kier molecular flexibility index (Phi) is 9.41. The molecule has 0 spiro atoms. The van der Waals surface area contributed by atoms with Crippen molar-refractivity contribution >= 4 is 16.9 Å². The minimum absolute atomic E-state index is 0.215. The summed E-state index contributed by atoms with van der Waals surface area (Å²) in [5.74, 6) is -0.157. The molecule has 0 bridgehead atoms. The van der Waals surface area contributed by atoms with Crippen LogP contribution in [-0.2, 0) is 4.79 Å². The van der Waals surface area contributed by atoms with Crippen molar-refractivity contribution in [3.8, 4) is 17.2 Å². The van der Waals surface area contributed by atoms with Crippen LogP contribution in [0.2, 0.25) is 0 Å². The monoisotopic (exact) mass is 432 g/mol. The molecule has 2 aromatic rings. The van der Waals surface area contributed by atoms with Gasteiger partial charge in [0, 0.05) is 6.92 Å². The van der Waals surface area contributed by atoms with Crippen molar-refractivity contribution in [3.63, 3.8) is 0 Å². The maximum atomic E-state index is 12.6. The lowest BCUT2D eigenvalue weighted by Gasteiger charge is -2.22. The molecule has 0 aliphatic heterocycles. The fourth-order valence-electron chi connectivity index (χ4n) is 3.35. The first-order chi connectivity index (χ1) is 14.7. The Bertz CT molecular complexity index is 907. The van der Waals surface area contributed by atoms with Gasteiger partial charge in [-0.1, -0.05) is 57.9 Å². The molecule has 6 heteroatoms. The normalized spacial score (nSPS) is 11.5. The second kappa shape index (κ2) is 11.8. The summed E-state index contributed by atoms with van der Waals surface area (Å²) in [4.78, 5) is 24.1. The Morgan fingerprint density at radius 1 is 0.968 bits per heavy atom.